The summed E-state index contributed by atoms with van der Waals surface area (Å²) in [6.45, 7) is 4.39. The van der Waals surface area contributed by atoms with Gasteiger partial charge in [0.1, 0.15) is 0 Å². The van der Waals surface area contributed by atoms with Gasteiger partial charge >= 0.3 is 0 Å². The van der Waals surface area contributed by atoms with Crippen LogP contribution in [-0.2, 0) is 4.74 Å². The maximum absolute atomic E-state index is 5.59. The van der Waals surface area contributed by atoms with Crippen molar-refractivity contribution in [3.63, 3.8) is 0 Å². The van der Waals surface area contributed by atoms with Gasteiger partial charge in [0.05, 0.1) is 5.60 Å². The molecule has 0 aromatic heterocycles. The van der Waals surface area contributed by atoms with Gasteiger partial charge in [-0.3, -0.25) is 0 Å². The third kappa shape index (κ3) is 4.55. The standard InChI is InChI=1S/C19H31NO/c1-19(2,21-4)13-12-17-14-16(10-11-18(17)20-3)15-8-6-5-7-9-15/h5-9,16-18,20H,10-14H2,1-4H3. The first kappa shape index (κ1) is 16.5. The molecule has 0 radical (unpaired) electrons. The maximum atomic E-state index is 5.59. The number of hydrogen-bond acceptors (Lipinski definition) is 2. The second-order valence-corrected chi connectivity index (χ2v) is 7.08. The Morgan fingerprint density at radius 2 is 1.90 bits per heavy atom. The molecule has 0 aliphatic heterocycles. The van der Waals surface area contributed by atoms with Gasteiger partial charge in [0.2, 0.25) is 0 Å². The Labute approximate surface area is 130 Å². The van der Waals surface area contributed by atoms with Crippen LogP contribution in [0.5, 0.6) is 0 Å². The van der Waals surface area contributed by atoms with Gasteiger partial charge in [0, 0.05) is 13.2 Å². The van der Waals surface area contributed by atoms with Gasteiger partial charge in [-0.1, -0.05) is 30.3 Å². The van der Waals surface area contributed by atoms with E-state index in [1.165, 1.54) is 31.2 Å². The fourth-order valence-electron chi connectivity index (χ4n) is 3.63. The minimum absolute atomic E-state index is 0.00200. The van der Waals surface area contributed by atoms with Crippen LogP contribution in [0.4, 0.5) is 0 Å². The summed E-state index contributed by atoms with van der Waals surface area (Å²) in [4.78, 5) is 0. The number of benzene rings is 1. The molecule has 2 rings (SSSR count). The summed E-state index contributed by atoms with van der Waals surface area (Å²) in [5.74, 6) is 1.48. The van der Waals surface area contributed by atoms with E-state index in [-0.39, 0.29) is 5.60 Å². The number of ether oxygens (including phenoxy) is 1. The second kappa shape index (κ2) is 7.42. The summed E-state index contributed by atoms with van der Waals surface area (Å²) in [5, 5.41) is 3.54. The van der Waals surface area contributed by atoms with E-state index in [0.717, 1.165) is 18.3 Å². The number of nitrogens with one attached hydrogen (secondary N) is 1. The molecule has 2 heteroatoms. The van der Waals surface area contributed by atoms with Crippen LogP contribution in [0.3, 0.4) is 0 Å². The highest BCUT2D eigenvalue weighted by atomic mass is 16.5. The second-order valence-electron chi connectivity index (χ2n) is 7.08. The van der Waals surface area contributed by atoms with Gasteiger partial charge in [0.15, 0.2) is 0 Å². The fraction of sp³-hybridized carbons (Fsp3) is 0.684. The zero-order valence-electron chi connectivity index (χ0n) is 14.1. The molecule has 2 nitrogen and oxygen atoms in total. The minimum Gasteiger partial charge on any atom is -0.379 e. The van der Waals surface area contributed by atoms with Gasteiger partial charge in [-0.15, -0.1) is 0 Å². The largest absolute Gasteiger partial charge is 0.379 e. The van der Waals surface area contributed by atoms with Crippen LogP contribution < -0.4 is 5.32 Å². The van der Waals surface area contributed by atoms with Crippen molar-refractivity contribution in [2.75, 3.05) is 14.2 Å². The topological polar surface area (TPSA) is 21.3 Å². The smallest absolute Gasteiger partial charge is 0.0622 e. The highest BCUT2D eigenvalue weighted by Crippen LogP contribution is 2.39. The van der Waals surface area contributed by atoms with Crippen LogP contribution in [-0.4, -0.2) is 25.8 Å². The molecule has 0 bridgehead atoms. The minimum atomic E-state index is -0.00200. The predicted octanol–water partition coefficient (Wildman–Crippen LogP) is 4.36. The lowest BCUT2D eigenvalue weighted by molar-refractivity contribution is 0.00729. The average molecular weight is 289 g/mol. The molecule has 0 spiro atoms. The summed E-state index contributed by atoms with van der Waals surface area (Å²) < 4.78 is 5.59. The van der Waals surface area contributed by atoms with Gasteiger partial charge in [0.25, 0.3) is 0 Å². The van der Waals surface area contributed by atoms with E-state index < -0.39 is 0 Å². The summed E-state index contributed by atoms with van der Waals surface area (Å²) >= 11 is 0. The molecule has 1 saturated carbocycles. The molecule has 0 amide bonds. The molecule has 1 aliphatic rings. The maximum Gasteiger partial charge on any atom is 0.0622 e. The SMILES string of the molecule is CNC1CCC(c2ccccc2)CC1CCC(C)(C)OC. The highest BCUT2D eigenvalue weighted by Gasteiger charge is 2.31. The van der Waals surface area contributed by atoms with E-state index in [1.807, 2.05) is 7.11 Å². The van der Waals surface area contributed by atoms with E-state index in [4.69, 9.17) is 4.74 Å². The number of methoxy groups -OCH3 is 1. The van der Waals surface area contributed by atoms with E-state index in [1.54, 1.807) is 0 Å². The summed E-state index contributed by atoms with van der Waals surface area (Å²) in [6, 6.07) is 11.7. The zero-order chi connectivity index (χ0) is 15.3. The Morgan fingerprint density at radius 3 is 2.52 bits per heavy atom. The first-order chi connectivity index (χ1) is 10.1. The van der Waals surface area contributed by atoms with Gasteiger partial charge in [-0.25, -0.2) is 0 Å². The molecule has 1 aromatic carbocycles. The van der Waals surface area contributed by atoms with Crippen molar-refractivity contribution in [2.24, 2.45) is 5.92 Å². The fourth-order valence-corrected chi connectivity index (χ4v) is 3.63. The molecular weight excluding hydrogens is 258 g/mol. The van der Waals surface area contributed by atoms with Crippen molar-refractivity contribution in [2.45, 2.75) is 63.5 Å². The molecule has 1 aliphatic carbocycles. The van der Waals surface area contributed by atoms with Gasteiger partial charge in [-0.05, 0) is 70.4 Å². The van der Waals surface area contributed by atoms with Crippen LogP contribution in [0.25, 0.3) is 0 Å². The molecule has 3 atom stereocenters. The summed E-state index contributed by atoms with van der Waals surface area (Å²) in [5.41, 5.74) is 1.51. The third-order valence-corrected chi connectivity index (χ3v) is 5.29. The Bertz CT molecular complexity index is 415. The molecule has 21 heavy (non-hydrogen) atoms. The molecule has 1 fully saturated rings. The Morgan fingerprint density at radius 1 is 1.19 bits per heavy atom. The number of rotatable bonds is 6. The van der Waals surface area contributed by atoms with E-state index in [9.17, 15) is 0 Å². The quantitative estimate of drug-likeness (QED) is 0.840. The average Bonchev–Trinajstić information content (AvgIpc) is 2.53. The lowest BCUT2D eigenvalue weighted by Gasteiger charge is -2.38. The lowest BCUT2D eigenvalue weighted by Crippen LogP contribution is -2.39. The molecular formula is C19H31NO. The van der Waals surface area contributed by atoms with Crippen molar-refractivity contribution in [3.8, 4) is 0 Å². The Hall–Kier alpha value is -0.860. The summed E-state index contributed by atoms with van der Waals surface area (Å²) in [7, 11) is 3.94. The van der Waals surface area contributed by atoms with Crippen LogP contribution in [0.2, 0.25) is 0 Å². The number of hydrogen-bond donors (Lipinski definition) is 1. The monoisotopic (exact) mass is 289 g/mol. The van der Waals surface area contributed by atoms with Crippen LogP contribution >= 0.6 is 0 Å². The van der Waals surface area contributed by atoms with E-state index >= 15 is 0 Å². The molecule has 118 valence electrons. The lowest BCUT2D eigenvalue weighted by atomic mass is 9.73. The van der Waals surface area contributed by atoms with Crippen molar-refractivity contribution < 1.29 is 4.74 Å². The first-order valence-corrected chi connectivity index (χ1v) is 8.33. The van der Waals surface area contributed by atoms with Crippen LogP contribution in [0.1, 0.15) is 57.4 Å². The van der Waals surface area contributed by atoms with Gasteiger partial charge < -0.3 is 10.1 Å². The molecule has 1 aromatic rings. The van der Waals surface area contributed by atoms with E-state index in [0.29, 0.717) is 6.04 Å². The third-order valence-electron chi connectivity index (χ3n) is 5.29. The normalized spacial score (nSPS) is 26.8. The summed E-state index contributed by atoms with van der Waals surface area (Å²) in [6.07, 6.45) is 6.27. The van der Waals surface area contributed by atoms with Crippen molar-refractivity contribution in [3.05, 3.63) is 35.9 Å². The zero-order valence-corrected chi connectivity index (χ0v) is 14.1. The first-order valence-electron chi connectivity index (χ1n) is 8.33. The Kier molecular flexibility index (Phi) is 5.83. The Balaban J connectivity index is 1.99. The molecule has 0 saturated heterocycles. The van der Waals surface area contributed by atoms with Gasteiger partial charge in [-0.2, -0.15) is 0 Å². The molecule has 0 heterocycles. The van der Waals surface area contributed by atoms with E-state index in [2.05, 4.69) is 56.5 Å². The predicted molar refractivity (Wildman–Crippen MR) is 89.7 cm³/mol. The van der Waals surface area contributed by atoms with Crippen molar-refractivity contribution in [1.29, 1.82) is 0 Å². The van der Waals surface area contributed by atoms with Crippen LogP contribution in [0, 0.1) is 5.92 Å². The molecule has 1 N–H and O–H groups in total. The highest BCUT2D eigenvalue weighted by molar-refractivity contribution is 5.20. The van der Waals surface area contributed by atoms with Crippen molar-refractivity contribution >= 4 is 0 Å². The van der Waals surface area contributed by atoms with Crippen molar-refractivity contribution in [1.82, 2.24) is 5.32 Å². The van der Waals surface area contributed by atoms with Crippen LogP contribution in [0.15, 0.2) is 30.3 Å². The molecule has 3 unspecified atom stereocenters.